The van der Waals surface area contributed by atoms with Gasteiger partial charge < -0.3 is 10.8 Å². The van der Waals surface area contributed by atoms with Crippen LogP contribution in [0.1, 0.15) is 0 Å². The Kier molecular flexibility index (Phi) is 3.59. The van der Waals surface area contributed by atoms with Crippen LogP contribution in [0.5, 0.6) is 0 Å². The van der Waals surface area contributed by atoms with Crippen LogP contribution >= 0.6 is 22.6 Å². The molecule has 8 heavy (non-hydrogen) atoms. The quantitative estimate of drug-likeness (QED) is 0.533. The zero-order valence-electron chi connectivity index (χ0n) is 3.91. The molecule has 0 aliphatic heterocycles. The third-order valence-corrected chi connectivity index (χ3v) is 1.31. The molecule has 0 aromatic heterocycles. The summed E-state index contributed by atoms with van der Waals surface area (Å²) in [5.41, 5.74) is 0. The first-order valence-electron chi connectivity index (χ1n) is 1.78. The number of hydrogen-bond donors (Lipinski definition) is 2. The van der Waals surface area contributed by atoms with Crippen molar-refractivity contribution in [1.82, 2.24) is 0 Å². The molecular formula is C4H4FIN2. The molecule has 2 nitrogen and oxygen atoms in total. The molecule has 0 fully saturated rings. The van der Waals surface area contributed by atoms with Gasteiger partial charge in [0.25, 0.3) is 0 Å². The van der Waals surface area contributed by atoms with Crippen molar-refractivity contribution >= 4 is 35.0 Å². The van der Waals surface area contributed by atoms with Gasteiger partial charge >= 0.3 is 0 Å². The van der Waals surface area contributed by atoms with Crippen LogP contribution < -0.4 is 0 Å². The second-order valence-corrected chi connectivity index (χ2v) is 2.15. The summed E-state index contributed by atoms with van der Waals surface area (Å²) < 4.78 is 12.2. The summed E-state index contributed by atoms with van der Waals surface area (Å²) in [6.45, 7) is 0. The van der Waals surface area contributed by atoms with E-state index in [4.69, 9.17) is 10.8 Å². The summed E-state index contributed by atoms with van der Waals surface area (Å²) in [7, 11) is 0. The molecule has 0 aliphatic carbocycles. The molecule has 0 atom stereocenters. The monoisotopic (exact) mass is 226 g/mol. The van der Waals surface area contributed by atoms with Crippen molar-refractivity contribution in [3.8, 4) is 0 Å². The van der Waals surface area contributed by atoms with Gasteiger partial charge in [0.05, 0.1) is 9.79 Å². The summed E-state index contributed by atoms with van der Waals surface area (Å²) in [4.78, 5) is 0. The van der Waals surface area contributed by atoms with Crippen LogP contribution in [-0.4, -0.2) is 12.4 Å². The van der Waals surface area contributed by atoms with E-state index in [1.54, 1.807) is 22.6 Å². The zero-order valence-corrected chi connectivity index (χ0v) is 6.07. The van der Waals surface area contributed by atoms with Gasteiger partial charge in [-0.1, -0.05) is 0 Å². The second-order valence-electron chi connectivity index (χ2n) is 0.985. The molecule has 0 aromatic rings. The molecule has 0 radical (unpaired) electrons. The van der Waals surface area contributed by atoms with Gasteiger partial charge in [-0.3, -0.25) is 0 Å². The Hall–Kier alpha value is -0.260. The molecule has 0 saturated carbocycles. The predicted octanol–water partition coefficient (Wildman–Crippen LogP) is 1.90. The molecule has 0 aromatic carbocycles. The maximum Gasteiger partial charge on any atom is 0.155 e. The van der Waals surface area contributed by atoms with Crippen LogP contribution in [0.15, 0.2) is 9.41 Å². The Labute approximate surface area is 59.9 Å². The van der Waals surface area contributed by atoms with Crippen LogP contribution in [0.2, 0.25) is 0 Å². The number of hydrogen-bond acceptors (Lipinski definition) is 2. The smallest absolute Gasteiger partial charge is 0.155 e. The van der Waals surface area contributed by atoms with Crippen molar-refractivity contribution in [2.45, 2.75) is 0 Å². The van der Waals surface area contributed by atoms with E-state index in [9.17, 15) is 4.39 Å². The molecular weight excluding hydrogens is 222 g/mol. The van der Waals surface area contributed by atoms with E-state index in [-0.39, 0.29) is 3.58 Å². The van der Waals surface area contributed by atoms with E-state index in [2.05, 4.69) is 0 Å². The van der Waals surface area contributed by atoms with Gasteiger partial charge in [-0.2, -0.15) is 0 Å². The summed E-state index contributed by atoms with van der Waals surface area (Å²) in [6, 6.07) is 0. The van der Waals surface area contributed by atoms with E-state index < -0.39 is 5.83 Å². The van der Waals surface area contributed by atoms with Gasteiger partial charge in [-0.25, -0.2) is 4.39 Å². The van der Waals surface area contributed by atoms with Gasteiger partial charge in [0.15, 0.2) is 5.83 Å². The van der Waals surface area contributed by atoms with E-state index >= 15 is 0 Å². The standard InChI is InChI=1S/C4H4FIN2/c5-3(1-7)4(6)2-8/h1-2,7-8H/b4-3-,7-1?,8-2?. The number of rotatable bonds is 2. The first-order chi connectivity index (χ1) is 3.72. The molecule has 4 heteroatoms. The number of allylic oxidation sites excluding steroid dienone is 2. The minimum absolute atomic E-state index is 0.151. The highest BCUT2D eigenvalue weighted by Crippen LogP contribution is 2.08. The lowest BCUT2D eigenvalue weighted by Crippen LogP contribution is -1.78. The average Bonchev–Trinajstić information content (AvgIpc) is 1.84. The molecule has 0 heterocycles. The van der Waals surface area contributed by atoms with E-state index in [1.165, 1.54) is 0 Å². The fourth-order valence-electron chi connectivity index (χ4n) is 0.138. The number of nitrogens with one attached hydrogen (secondary N) is 2. The van der Waals surface area contributed by atoms with Gasteiger partial charge in [0, 0.05) is 6.21 Å². The fourth-order valence-corrected chi connectivity index (χ4v) is 0.294. The Bertz CT molecular complexity index is 125. The summed E-state index contributed by atoms with van der Waals surface area (Å²) >= 11 is 1.64. The van der Waals surface area contributed by atoms with Gasteiger partial charge in [0.1, 0.15) is 0 Å². The van der Waals surface area contributed by atoms with Gasteiger partial charge in [-0.05, 0) is 22.6 Å². The van der Waals surface area contributed by atoms with Crippen molar-refractivity contribution in [3.05, 3.63) is 9.41 Å². The molecule has 0 amide bonds. The summed E-state index contributed by atoms with van der Waals surface area (Å²) in [6.07, 6.45) is 1.44. The Morgan fingerprint density at radius 3 is 2.00 bits per heavy atom. The topological polar surface area (TPSA) is 47.7 Å². The van der Waals surface area contributed by atoms with Crippen LogP contribution in [-0.2, 0) is 0 Å². The molecule has 0 rings (SSSR count). The maximum atomic E-state index is 12.0. The largest absolute Gasteiger partial charge is 0.308 e. The van der Waals surface area contributed by atoms with Crippen LogP contribution in [0.25, 0.3) is 0 Å². The summed E-state index contributed by atoms with van der Waals surface area (Å²) in [5.74, 6) is -0.666. The molecule has 0 bridgehead atoms. The van der Waals surface area contributed by atoms with E-state index in [1.807, 2.05) is 0 Å². The molecule has 0 saturated heterocycles. The molecule has 2 N–H and O–H groups in total. The third kappa shape index (κ3) is 2.15. The Balaban J connectivity index is 4.25. The predicted molar refractivity (Wildman–Crippen MR) is 39.7 cm³/mol. The Morgan fingerprint density at radius 2 is 1.88 bits per heavy atom. The first-order valence-corrected chi connectivity index (χ1v) is 2.86. The normalized spacial score (nSPS) is 12.2. The first kappa shape index (κ1) is 7.74. The highest BCUT2D eigenvalue weighted by atomic mass is 127. The second kappa shape index (κ2) is 3.71. The van der Waals surface area contributed by atoms with Gasteiger partial charge in [0.2, 0.25) is 0 Å². The van der Waals surface area contributed by atoms with Crippen molar-refractivity contribution < 1.29 is 4.39 Å². The lowest BCUT2D eigenvalue weighted by Gasteiger charge is -1.83. The van der Waals surface area contributed by atoms with Gasteiger partial charge in [-0.15, -0.1) is 0 Å². The van der Waals surface area contributed by atoms with Crippen LogP contribution in [0, 0.1) is 10.8 Å². The molecule has 0 spiro atoms. The maximum absolute atomic E-state index is 12.0. The molecule has 44 valence electrons. The van der Waals surface area contributed by atoms with Crippen molar-refractivity contribution in [2.75, 3.05) is 0 Å². The highest BCUT2D eigenvalue weighted by Gasteiger charge is 1.92. The lowest BCUT2D eigenvalue weighted by atomic mass is 10.5. The minimum Gasteiger partial charge on any atom is -0.308 e. The third-order valence-electron chi connectivity index (χ3n) is 0.482. The number of halogens is 2. The molecule has 0 aliphatic rings. The van der Waals surface area contributed by atoms with Crippen LogP contribution in [0.4, 0.5) is 4.39 Å². The van der Waals surface area contributed by atoms with E-state index in [0.717, 1.165) is 6.21 Å². The highest BCUT2D eigenvalue weighted by molar-refractivity contribution is 14.1. The minimum atomic E-state index is -0.666. The lowest BCUT2D eigenvalue weighted by molar-refractivity contribution is 0.686. The SMILES string of the molecule is N=C/C(F)=C(/I)C=N. The Morgan fingerprint density at radius 1 is 1.38 bits per heavy atom. The van der Waals surface area contributed by atoms with E-state index in [0.29, 0.717) is 6.21 Å². The average molecular weight is 226 g/mol. The molecule has 0 unspecified atom stereocenters. The van der Waals surface area contributed by atoms with Crippen molar-refractivity contribution in [2.24, 2.45) is 0 Å². The zero-order chi connectivity index (χ0) is 6.57. The van der Waals surface area contributed by atoms with Crippen molar-refractivity contribution in [3.63, 3.8) is 0 Å². The fraction of sp³-hybridized carbons (Fsp3) is 0. The summed E-state index contributed by atoms with van der Waals surface area (Å²) in [5, 5.41) is 12.9. The van der Waals surface area contributed by atoms with Crippen molar-refractivity contribution in [1.29, 1.82) is 10.8 Å². The van der Waals surface area contributed by atoms with Crippen LogP contribution in [0.3, 0.4) is 0 Å².